The predicted molar refractivity (Wildman–Crippen MR) is 76.5 cm³/mol. The summed E-state index contributed by atoms with van der Waals surface area (Å²) < 4.78 is 10.3. The van der Waals surface area contributed by atoms with Gasteiger partial charge in [-0.2, -0.15) is 4.98 Å². The van der Waals surface area contributed by atoms with Gasteiger partial charge in [-0.1, -0.05) is 24.2 Å². The number of rotatable bonds is 6. The number of ether oxygens (including phenoxy) is 1. The van der Waals surface area contributed by atoms with Gasteiger partial charge >= 0.3 is 0 Å². The summed E-state index contributed by atoms with van der Waals surface area (Å²) in [6.07, 6.45) is 2.33. The molecule has 0 saturated carbocycles. The van der Waals surface area contributed by atoms with E-state index in [0.29, 0.717) is 11.7 Å². The molecule has 0 fully saturated rings. The molecule has 0 aliphatic rings. The van der Waals surface area contributed by atoms with Gasteiger partial charge in [0.15, 0.2) is 5.82 Å². The van der Waals surface area contributed by atoms with Gasteiger partial charge in [-0.25, -0.2) is 0 Å². The fourth-order valence-corrected chi connectivity index (χ4v) is 1.94. The Hall–Kier alpha value is -1.88. The van der Waals surface area contributed by atoms with Gasteiger partial charge in [0.05, 0.1) is 12.6 Å². The van der Waals surface area contributed by atoms with Crippen LogP contribution in [0, 0.1) is 0 Å². The average Bonchev–Trinajstić information content (AvgIpc) is 2.95. The Kier molecular flexibility index (Phi) is 4.39. The highest BCUT2D eigenvalue weighted by Gasteiger charge is 2.26. The molecule has 1 unspecified atom stereocenters. The zero-order valence-corrected chi connectivity index (χ0v) is 12.2. The van der Waals surface area contributed by atoms with Crippen molar-refractivity contribution < 1.29 is 9.26 Å². The van der Waals surface area contributed by atoms with E-state index in [0.717, 1.165) is 25.0 Å². The van der Waals surface area contributed by atoms with Gasteiger partial charge in [-0.05, 0) is 37.5 Å². The number of nitrogens with two attached hydrogens (primary N) is 1. The second-order valence-corrected chi connectivity index (χ2v) is 5.13. The van der Waals surface area contributed by atoms with Gasteiger partial charge in [0.25, 0.3) is 0 Å². The molecule has 1 aromatic carbocycles. The van der Waals surface area contributed by atoms with Crippen molar-refractivity contribution in [1.82, 2.24) is 10.1 Å². The Morgan fingerprint density at radius 3 is 2.55 bits per heavy atom. The van der Waals surface area contributed by atoms with Crippen LogP contribution in [0.25, 0.3) is 0 Å². The van der Waals surface area contributed by atoms with E-state index in [1.165, 1.54) is 5.56 Å². The van der Waals surface area contributed by atoms with E-state index in [1.807, 2.05) is 38.1 Å². The second-order valence-electron chi connectivity index (χ2n) is 5.13. The standard InChI is InChI=1S/C15H21N3O2/c1-4-13-17-14(18-20-13)15(2,16)10-9-11-5-7-12(19-3)8-6-11/h5-8H,4,9-10,16H2,1-3H3. The first-order chi connectivity index (χ1) is 9.55. The van der Waals surface area contributed by atoms with Crippen molar-refractivity contribution in [2.45, 2.75) is 38.6 Å². The lowest BCUT2D eigenvalue weighted by molar-refractivity contribution is 0.350. The lowest BCUT2D eigenvalue weighted by atomic mass is 9.93. The third-order valence-corrected chi connectivity index (χ3v) is 3.37. The van der Waals surface area contributed by atoms with Crippen molar-refractivity contribution in [2.75, 3.05) is 7.11 Å². The van der Waals surface area contributed by atoms with Crippen LogP contribution in [0.4, 0.5) is 0 Å². The van der Waals surface area contributed by atoms with Crippen molar-refractivity contribution in [3.8, 4) is 5.75 Å². The minimum atomic E-state index is -0.586. The van der Waals surface area contributed by atoms with Gasteiger partial charge in [-0.15, -0.1) is 0 Å². The molecule has 1 heterocycles. The van der Waals surface area contributed by atoms with E-state index in [2.05, 4.69) is 10.1 Å². The van der Waals surface area contributed by atoms with Crippen LogP contribution in [0.15, 0.2) is 28.8 Å². The lowest BCUT2D eigenvalue weighted by Crippen LogP contribution is -2.35. The number of aryl methyl sites for hydroxylation is 2. The van der Waals surface area contributed by atoms with Crippen LogP contribution >= 0.6 is 0 Å². The van der Waals surface area contributed by atoms with Gasteiger partial charge in [0, 0.05) is 6.42 Å². The van der Waals surface area contributed by atoms with Gasteiger partial charge in [0.2, 0.25) is 5.89 Å². The third kappa shape index (κ3) is 3.36. The highest BCUT2D eigenvalue weighted by Crippen LogP contribution is 2.22. The molecule has 0 aliphatic carbocycles. The minimum absolute atomic E-state index is 0.572. The average molecular weight is 275 g/mol. The molecule has 20 heavy (non-hydrogen) atoms. The summed E-state index contributed by atoms with van der Waals surface area (Å²) in [5.41, 5.74) is 6.92. The Labute approximate surface area is 119 Å². The predicted octanol–water partition coefficient (Wildman–Crippen LogP) is 2.45. The maximum absolute atomic E-state index is 6.30. The van der Waals surface area contributed by atoms with Crippen molar-refractivity contribution >= 4 is 0 Å². The SMILES string of the molecule is CCc1nc(C(C)(N)CCc2ccc(OC)cc2)no1. The van der Waals surface area contributed by atoms with Crippen LogP contribution in [-0.2, 0) is 18.4 Å². The number of nitrogens with zero attached hydrogens (tertiary/aromatic N) is 2. The molecule has 0 saturated heterocycles. The summed E-state index contributed by atoms with van der Waals surface area (Å²) in [6.45, 7) is 3.91. The summed E-state index contributed by atoms with van der Waals surface area (Å²) in [6, 6.07) is 7.99. The summed E-state index contributed by atoms with van der Waals surface area (Å²) >= 11 is 0. The minimum Gasteiger partial charge on any atom is -0.497 e. The maximum atomic E-state index is 6.30. The van der Waals surface area contributed by atoms with Crippen molar-refractivity contribution in [3.05, 3.63) is 41.5 Å². The number of aromatic nitrogens is 2. The van der Waals surface area contributed by atoms with Gasteiger partial charge in [0.1, 0.15) is 5.75 Å². The van der Waals surface area contributed by atoms with Crippen LogP contribution in [0.5, 0.6) is 5.75 Å². The zero-order chi connectivity index (χ0) is 14.6. The van der Waals surface area contributed by atoms with Crippen LogP contribution in [0.2, 0.25) is 0 Å². The summed E-state index contributed by atoms with van der Waals surface area (Å²) in [5, 5.41) is 3.97. The lowest BCUT2D eigenvalue weighted by Gasteiger charge is -2.20. The van der Waals surface area contributed by atoms with E-state index in [4.69, 9.17) is 15.0 Å². The number of hydrogen-bond acceptors (Lipinski definition) is 5. The van der Waals surface area contributed by atoms with Crippen LogP contribution in [0.1, 0.15) is 37.5 Å². The topological polar surface area (TPSA) is 74.2 Å². The quantitative estimate of drug-likeness (QED) is 0.876. The molecule has 5 nitrogen and oxygen atoms in total. The molecule has 0 bridgehead atoms. The second kappa shape index (κ2) is 6.05. The normalized spacial score (nSPS) is 14.0. The number of benzene rings is 1. The monoisotopic (exact) mass is 275 g/mol. The van der Waals surface area contributed by atoms with Gasteiger partial charge in [-0.3, -0.25) is 0 Å². The van der Waals surface area contributed by atoms with Crippen LogP contribution in [-0.4, -0.2) is 17.3 Å². The molecule has 2 N–H and O–H groups in total. The van der Waals surface area contributed by atoms with Crippen molar-refractivity contribution in [1.29, 1.82) is 0 Å². The molecular formula is C15H21N3O2. The Bertz CT molecular complexity index is 547. The summed E-state index contributed by atoms with van der Waals surface area (Å²) in [4.78, 5) is 4.32. The van der Waals surface area contributed by atoms with Crippen LogP contribution < -0.4 is 10.5 Å². The first-order valence-electron chi connectivity index (χ1n) is 6.80. The molecule has 0 aliphatic heterocycles. The van der Waals surface area contributed by atoms with E-state index < -0.39 is 5.54 Å². The fourth-order valence-electron chi connectivity index (χ4n) is 1.94. The largest absolute Gasteiger partial charge is 0.497 e. The zero-order valence-electron chi connectivity index (χ0n) is 12.2. The van der Waals surface area contributed by atoms with Crippen molar-refractivity contribution in [3.63, 3.8) is 0 Å². The molecule has 0 spiro atoms. The van der Waals surface area contributed by atoms with Gasteiger partial charge < -0.3 is 15.0 Å². The Balaban J connectivity index is 2.00. The smallest absolute Gasteiger partial charge is 0.226 e. The highest BCUT2D eigenvalue weighted by atomic mass is 16.5. The first-order valence-corrected chi connectivity index (χ1v) is 6.80. The fraction of sp³-hybridized carbons (Fsp3) is 0.467. The molecule has 0 radical (unpaired) electrons. The van der Waals surface area contributed by atoms with E-state index in [1.54, 1.807) is 7.11 Å². The van der Waals surface area contributed by atoms with E-state index >= 15 is 0 Å². The molecule has 108 valence electrons. The van der Waals surface area contributed by atoms with E-state index in [9.17, 15) is 0 Å². The molecule has 1 atom stereocenters. The Morgan fingerprint density at radius 1 is 1.30 bits per heavy atom. The van der Waals surface area contributed by atoms with Crippen LogP contribution in [0.3, 0.4) is 0 Å². The Morgan fingerprint density at radius 2 is 2.00 bits per heavy atom. The number of hydrogen-bond donors (Lipinski definition) is 1. The van der Waals surface area contributed by atoms with E-state index in [-0.39, 0.29) is 0 Å². The third-order valence-electron chi connectivity index (χ3n) is 3.37. The molecule has 1 aromatic heterocycles. The molecule has 5 heteroatoms. The first kappa shape index (κ1) is 14.5. The maximum Gasteiger partial charge on any atom is 0.226 e. The summed E-state index contributed by atoms with van der Waals surface area (Å²) in [7, 11) is 1.66. The highest BCUT2D eigenvalue weighted by molar-refractivity contribution is 5.27. The van der Waals surface area contributed by atoms with Crippen molar-refractivity contribution in [2.24, 2.45) is 5.73 Å². The summed E-state index contributed by atoms with van der Waals surface area (Å²) in [5.74, 6) is 2.05. The molecule has 2 aromatic rings. The molecule has 2 rings (SSSR count). The molecule has 0 amide bonds. The molecular weight excluding hydrogens is 254 g/mol. The number of methoxy groups -OCH3 is 1.